The lowest BCUT2D eigenvalue weighted by Crippen LogP contribution is -2.54. The third-order valence-corrected chi connectivity index (χ3v) is 3.52. The number of nitrogens with two attached hydrogens (primary N) is 1. The summed E-state index contributed by atoms with van der Waals surface area (Å²) in [7, 11) is 4.42. The van der Waals surface area contributed by atoms with E-state index in [1.54, 1.807) is 0 Å². The van der Waals surface area contributed by atoms with Crippen LogP contribution in [-0.2, 0) is 0 Å². The molecule has 0 bridgehead atoms. The molecular formula is C12H28N4. The lowest BCUT2D eigenvalue weighted by molar-refractivity contribution is 0.165. The fourth-order valence-electron chi connectivity index (χ4n) is 2.58. The van der Waals surface area contributed by atoms with Crippen molar-refractivity contribution in [3.63, 3.8) is 0 Å². The van der Waals surface area contributed by atoms with E-state index in [0.717, 1.165) is 13.0 Å². The summed E-state index contributed by atoms with van der Waals surface area (Å²) in [6, 6.07) is 0.922. The predicted octanol–water partition coefficient (Wildman–Crippen LogP) is 0.500. The third-order valence-electron chi connectivity index (χ3n) is 3.52. The maximum Gasteiger partial charge on any atom is 0.0386 e. The number of likely N-dealkylation sites (N-methyl/N-ethyl adjacent to an activating group) is 2. The standard InChI is InChI=1S/C12H28N4/c1-10(2)8-11(14-13)12-9-15(3)6-5-7-16(12)4/h10-12,14H,5-9,13H2,1-4H3. The smallest absolute Gasteiger partial charge is 0.0386 e. The van der Waals surface area contributed by atoms with E-state index in [4.69, 9.17) is 5.84 Å². The van der Waals surface area contributed by atoms with Crippen LogP contribution in [0.25, 0.3) is 0 Å². The molecule has 1 saturated heterocycles. The van der Waals surface area contributed by atoms with E-state index < -0.39 is 0 Å². The highest BCUT2D eigenvalue weighted by molar-refractivity contribution is 4.86. The summed E-state index contributed by atoms with van der Waals surface area (Å²) in [5.41, 5.74) is 3.01. The Kier molecular flexibility index (Phi) is 5.69. The Balaban J connectivity index is 2.63. The Hall–Kier alpha value is -0.160. The molecule has 0 radical (unpaired) electrons. The van der Waals surface area contributed by atoms with Gasteiger partial charge in [-0.2, -0.15) is 0 Å². The zero-order valence-electron chi connectivity index (χ0n) is 11.2. The van der Waals surface area contributed by atoms with Crippen LogP contribution in [-0.4, -0.2) is 55.6 Å². The van der Waals surface area contributed by atoms with Gasteiger partial charge in [0.25, 0.3) is 0 Å². The first-order valence-corrected chi connectivity index (χ1v) is 6.39. The number of nitrogens with one attached hydrogen (secondary N) is 1. The summed E-state index contributed by atoms with van der Waals surface area (Å²) in [6.07, 6.45) is 2.39. The second-order valence-electron chi connectivity index (χ2n) is 5.57. The molecule has 0 aromatic heterocycles. The largest absolute Gasteiger partial charge is 0.305 e. The quantitative estimate of drug-likeness (QED) is 0.543. The summed E-state index contributed by atoms with van der Waals surface area (Å²) in [5.74, 6) is 6.40. The minimum atomic E-state index is 0.394. The van der Waals surface area contributed by atoms with Crippen LogP contribution in [0.4, 0.5) is 0 Å². The van der Waals surface area contributed by atoms with Crippen molar-refractivity contribution in [1.82, 2.24) is 15.2 Å². The van der Waals surface area contributed by atoms with E-state index in [-0.39, 0.29) is 0 Å². The number of rotatable bonds is 4. The maximum absolute atomic E-state index is 5.72. The predicted molar refractivity (Wildman–Crippen MR) is 69.1 cm³/mol. The Morgan fingerprint density at radius 3 is 2.56 bits per heavy atom. The highest BCUT2D eigenvalue weighted by Crippen LogP contribution is 2.15. The van der Waals surface area contributed by atoms with Gasteiger partial charge in [0.15, 0.2) is 0 Å². The molecule has 2 unspecified atom stereocenters. The van der Waals surface area contributed by atoms with Crippen molar-refractivity contribution in [2.45, 2.75) is 38.8 Å². The fourth-order valence-corrected chi connectivity index (χ4v) is 2.58. The minimum absolute atomic E-state index is 0.394. The van der Waals surface area contributed by atoms with Crippen LogP contribution in [0, 0.1) is 5.92 Å². The van der Waals surface area contributed by atoms with Crippen molar-refractivity contribution >= 4 is 0 Å². The van der Waals surface area contributed by atoms with Gasteiger partial charge in [-0.25, -0.2) is 0 Å². The molecule has 0 aromatic carbocycles. The Morgan fingerprint density at radius 1 is 1.31 bits per heavy atom. The second-order valence-corrected chi connectivity index (χ2v) is 5.57. The summed E-state index contributed by atoms with van der Waals surface area (Å²) in [5, 5.41) is 0. The SMILES string of the molecule is CC(C)CC(NN)C1CN(C)CCCN1C. The first-order valence-electron chi connectivity index (χ1n) is 6.39. The molecule has 0 amide bonds. The maximum atomic E-state index is 5.72. The molecule has 2 atom stereocenters. The zero-order chi connectivity index (χ0) is 12.1. The summed E-state index contributed by atoms with van der Waals surface area (Å²) in [4.78, 5) is 4.87. The number of nitrogens with zero attached hydrogens (tertiary/aromatic N) is 2. The van der Waals surface area contributed by atoms with Crippen LogP contribution in [0.2, 0.25) is 0 Å². The van der Waals surface area contributed by atoms with Gasteiger partial charge >= 0.3 is 0 Å². The molecule has 1 aliphatic heterocycles. The average molecular weight is 228 g/mol. The molecule has 1 heterocycles. The van der Waals surface area contributed by atoms with E-state index in [0.29, 0.717) is 18.0 Å². The molecule has 1 aliphatic rings. The second kappa shape index (κ2) is 6.55. The summed E-state index contributed by atoms with van der Waals surface area (Å²) < 4.78 is 0. The molecule has 16 heavy (non-hydrogen) atoms. The van der Waals surface area contributed by atoms with E-state index in [9.17, 15) is 0 Å². The van der Waals surface area contributed by atoms with Crippen molar-refractivity contribution in [3.05, 3.63) is 0 Å². The van der Waals surface area contributed by atoms with E-state index in [1.165, 1.54) is 19.5 Å². The van der Waals surface area contributed by atoms with Crippen LogP contribution in [0.3, 0.4) is 0 Å². The van der Waals surface area contributed by atoms with Crippen LogP contribution in [0.15, 0.2) is 0 Å². The molecule has 3 N–H and O–H groups in total. The first kappa shape index (κ1) is 13.9. The summed E-state index contributed by atoms with van der Waals surface area (Å²) >= 11 is 0. The van der Waals surface area contributed by atoms with Gasteiger partial charge in [0.2, 0.25) is 0 Å². The van der Waals surface area contributed by atoms with Gasteiger partial charge in [-0.05, 0) is 45.9 Å². The molecular weight excluding hydrogens is 200 g/mol. The molecule has 4 nitrogen and oxygen atoms in total. The van der Waals surface area contributed by atoms with Crippen LogP contribution < -0.4 is 11.3 Å². The van der Waals surface area contributed by atoms with Crippen molar-refractivity contribution in [2.24, 2.45) is 11.8 Å². The Labute approximate surface area is 100 Å². The van der Waals surface area contributed by atoms with Crippen LogP contribution in [0.5, 0.6) is 0 Å². The molecule has 0 saturated carbocycles. The average Bonchev–Trinajstić information content (AvgIpc) is 2.37. The Bertz CT molecular complexity index is 195. The lowest BCUT2D eigenvalue weighted by Gasteiger charge is -2.35. The molecule has 1 rings (SSSR count). The highest BCUT2D eigenvalue weighted by atomic mass is 15.3. The van der Waals surface area contributed by atoms with E-state index >= 15 is 0 Å². The minimum Gasteiger partial charge on any atom is -0.305 e. The Morgan fingerprint density at radius 2 is 2.00 bits per heavy atom. The van der Waals surface area contributed by atoms with Gasteiger partial charge in [0, 0.05) is 18.6 Å². The highest BCUT2D eigenvalue weighted by Gasteiger charge is 2.28. The molecule has 1 fully saturated rings. The molecule has 96 valence electrons. The molecule has 0 aliphatic carbocycles. The van der Waals surface area contributed by atoms with Gasteiger partial charge in [-0.15, -0.1) is 0 Å². The van der Waals surface area contributed by atoms with E-state index in [1.807, 2.05) is 0 Å². The van der Waals surface area contributed by atoms with Gasteiger partial charge in [-0.3, -0.25) is 11.3 Å². The van der Waals surface area contributed by atoms with Crippen molar-refractivity contribution in [2.75, 3.05) is 33.7 Å². The number of hydrogen-bond acceptors (Lipinski definition) is 4. The molecule has 4 heteroatoms. The van der Waals surface area contributed by atoms with Crippen LogP contribution in [0.1, 0.15) is 26.7 Å². The summed E-state index contributed by atoms with van der Waals surface area (Å²) in [6.45, 7) is 7.98. The molecule has 0 aromatic rings. The van der Waals surface area contributed by atoms with Gasteiger partial charge in [-0.1, -0.05) is 13.8 Å². The normalized spacial score (nSPS) is 27.0. The molecule has 0 spiro atoms. The fraction of sp³-hybridized carbons (Fsp3) is 1.00. The first-order chi connectivity index (χ1) is 7.54. The topological polar surface area (TPSA) is 44.5 Å². The number of hydrazine groups is 1. The van der Waals surface area contributed by atoms with E-state index in [2.05, 4.69) is 43.2 Å². The van der Waals surface area contributed by atoms with Crippen molar-refractivity contribution in [3.8, 4) is 0 Å². The van der Waals surface area contributed by atoms with Gasteiger partial charge < -0.3 is 9.80 Å². The van der Waals surface area contributed by atoms with Gasteiger partial charge in [0.1, 0.15) is 0 Å². The van der Waals surface area contributed by atoms with Crippen molar-refractivity contribution in [1.29, 1.82) is 0 Å². The monoisotopic (exact) mass is 228 g/mol. The number of hydrogen-bond donors (Lipinski definition) is 2. The van der Waals surface area contributed by atoms with Crippen molar-refractivity contribution < 1.29 is 0 Å². The van der Waals surface area contributed by atoms with Gasteiger partial charge in [0.05, 0.1) is 0 Å². The van der Waals surface area contributed by atoms with Crippen LogP contribution >= 0.6 is 0 Å². The lowest BCUT2D eigenvalue weighted by atomic mass is 9.97. The third kappa shape index (κ3) is 4.01. The zero-order valence-corrected chi connectivity index (χ0v) is 11.2.